The largest absolute Gasteiger partial charge is 0.278 e. The van der Waals surface area contributed by atoms with Crippen LogP contribution in [0.1, 0.15) is 11.4 Å². The normalized spacial score (nSPS) is 15.2. The molecule has 0 spiro atoms. The van der Waals surface area contributed by atoms with Crippen LogP contribution in [0.4, 0.5) is 5.95 Å². The van der Waals surface area contributed by atoms with Crippen molar-refractivity contribution in [2.45, 2.75) is 18.7 Å². The minimum absolute atomic E-state index is 0.0143. The zero-order valence-electron chi connectivity index (χ0n) is 13.2. The summed E-state index contributed by atoms with van der Waals surface area (Å²) in [6.45, 7) is 4.11. The molecule has 1 fully saturated rings. The van der Waals surface area contributed by atoms with Crippen LogP contribution >= 0.6 is 11.6 Å². The van der Waals surface area contributed by atoms with Gasteiger partial charge in [0.1, 0.15) is 4.90 Å². The average molecular weight is 366 g/mol. The number of aryl methyl sites for hydroxylation is 2. The Morgan fingerprint density at radius 3 is 2.38 bits per heavy atom. The first-order valence-corrected chi connectivity index (χ1v) is 9.08. The van der Waals surface area contributed by atoms with Gasteiger partial charge in [-0.05, 0) is 32.0 Å². The van der Waals surface area contributed by atoms with E-state index >= 15 is 0 Å². The highest BCUT2D eigenvalue weighted by molar-refractivity contribution is 7.89. The maximum absolute atomic E-state index is 12.8. The summed E-state index contributed by atoms with van der Waals surface area (Å²) in [5, 5.41) is 8.40. The van der Waals surface area contributed by atoms with Crippen LogP contribution in [0, 0.1) is 19.3 Å². The Hall–Kier alpha value is -2.19. The van der Waals surface area contributed by atoms with Crippen LogP contribution in [-0.2, 0) is 10.0 Å². The second-order valence-corrected chi connectivity index (χ2v) is 7.67. The van der Waals surface area contributed by atoms with Crippen LogP contribution in [0.15, 0.2) is 35.2 Å². The second-order valence-electron chi connectivity index (χ2n) is 5.43. The molecular weight excluding hydrogens is 350 g/mol. The number of nitrogens with one attached hydrogen (secondary N) is 1. The quantitative estimate of drug-likeness (QED) is 0.900. The summed E-state index contributed by atoms with van der Waals surface area (Å²) in [6, 6.07) is 8.02. The van der Waals surface area contributed by atoms with E-state index in [4.69, 9.17) is 17.0 Å². The van der Waals surface area contributed by atoms with Gasteiger partial charge in [-0.1, -0.05) is 23.7 Å². The van der Waals surface area contributed by atoms with Crippen molar-refractivity contribution in [2.75, 3.05) is 18.0 Å². The molecule has 1 aliphatic heterocycles. The van der Waals surface area contributed by atoms with E-state index in [9.17, 15) is 8.42 Å². The SMILES string of the molecule is Cc1cc(C)nc(N2CCN(S(=O)(=O)c3ccccc3Cl)C2=N)n1. The van der Waals surface area contributed by atoms with Gasteiger partial charge >= 0.3 is 0 Å². The standard InChI is InChI=1S/C15H16ClN5O2S/c1-10-9-11(2)19-15(18-10)20-7-8-21(14(20)17)24(22,23)13-6-4-3-5-12(13)16/h3-6,9,17H,7-8H2,1-2H3. The minimum Gasteiger partial charge on any atom is -0.278 e. The molecule has 3 rings (SSSR count). The number of anilines is 1. The number of benzene rings is 1. The van der Waals surface area contributed by atoms with Gasteiger partial charge in [0.25, 0.3) is 10.0 Å². The lowest BCUT2D eigenvalue weighted by Crippen LogP contribution is -2.37. The van der Waals surface area contributed by atoms with Gasteiger partial charge in [-0.25, -0.2) is 22.7 Å². The number of halogens is 1. The van der Waals surface area contributed by atoms with Crippen molar-refractivity contribution >= 4 is 33.5 Å². The van der Waals surface area contributed by atoms with E-state index in [1.165, 1.54) is 17.0 Å². The van der Waals surface area contributed by atoms with Crippen molar-refractivity contribution in [2.24, 2.45) is 0 Å². The van der Waals surface area contributed by atoms with E-state index in [-0.39, 0.29) is 22.4 Å². The summed E-state index contributed by atoms with van der Waals surface area (Å²) >= 11 is 6.02. The van der Waals surface area contributed by atoms with Gasteiger partial charge in [0.05, 0.1) is 11.6 Å². The first-order valence-electron chi connectivity index (χ1n) is 7.26. The first kappa shape index (κ1) is 16.7. The summed E-state index contributed by atoms with van der Waals surface area (Å²) in [5.41, 5.74) is 1.52. The van der Waals surface area contributed by atoms with E-state index < -0.39 is 10.0 Å². The molecule has 0 saturated carbocycles. The van der Waals surface area contributed by atoms with Crippen LogP contribution in [0.3, 0.4) is 0 Å². The fourth-order valence-electron chi connectivity index (χ4n) is 2.57. The predicted molar refractivity (Wildman–Crippen MR) is 91.9 cm³/mol. The monoisotopic (exact) mass is 365 g/mol. The summed E-state index contributed by atoms with van der Waals surface area (Å²) in [6.07, 6.45) is 0. The minimum atomic E-state index is -3.90. The Kier molecular flexibility index (Phi) is 4.18. The third-order valence-corrected chi connectivity index (χ3v) is 5.92. The van der Waals surface area contributed by atoms with Gasteiger partial charge in [-0.15, -0.1) is 0 Å². The van der Waals surface area contributed by atoms with Crippen molar-refractivity contribution in [3.05, 3.63) is 46.7 Å². The number of sulfonamides is 1. The van der Waals surface area contributed by atoms with Crippen LogP contribution in [-0.4, -0.2) is 41.7 Å². The Bertz CT molecular complexity index is 896. The summed E-state index contributed by atoms with van der Waals surface area (Å²) in [4.78, 5) is 10.1. The molecule has 24 heavy (non-hydrogen) atoms. The molecule has 0 atom stereocenters. The molecule has 2 aromatic rings. The molecule has 1 aromatic heterocycles. The van der Waals surface area contributed by atoms with Crippen molar-refractivity contribution in [3.63, 3.8) is 0 Å². The molecule has 0 aliphatic carbocycles. The van der Waals surface area contributed by atoms with Crippen LogP contribution in [0.25, 0.3) is 0 Å². The highest BCUT2D eigenvalue weighted by Gasteiger charge is 2.37. The summed E-state index contributed by atoms with van der Waals surface area (Å²) < 4.78 is 26.6. The van der Waals surface area contributed by atoms with Gasteiger partial charge < -0.3 is 0 Å². The van der Waals surface area contributed by atoms with Crippen molar-refractivity contribution in [1.82, 2.24) is 14.3 Å². The Labute approximate surface area is 145 Å². The molecular formula is C15H16ClN5O2S. The van der Waals surface area contributed by atoms with E-state index in [1.54, 1.807) is 12.1 Å². The molecule has 9 heteroatoms. The third kappa shape index (κ3) is 2.83. The van der Waals surface area contributed by atoms with E-state index in [0.717, 1.165) is 15.7 Å². The topological polar surface area (TPSA) is 90.3 Å². The van der Waals surface area contributed by atoms with E-state index in [0.29, 0.717) is 12.5 Å². The number of aromatic nitrogens is 2. The van der Waals surface area contributed by atoms with Crippen molar-refractivity contribution in [3.8, 4) is 0 Å². The highest BCUT2D eigenvalue weighted by atomic mass is 35.5. The van der Waals surface area contributed by atoms with Crippen LogP contribution in [0.2, 0.25) is 5.02 Å². The number of guanidine groups is 1. The molecule has 1 N–H and O–H groups in total. The molecule has 0 amide bonds. The number of rotatable bonds is 3. The fraction of sp³-hybridized carbons (Fsp3) is 0.267. The Morgan fingerprint density at radius 1 is 1.12 bits per heavy atom. The second kappa shape index (κ2) is 6.03. The van der Waals surface area contributed by atoms with Gasteiger partial charge in [-0.2, -0.15) is 0 Å². The predicted octanol–water partition coefficient (Wildman–Crippen LogP) is 2.19. The summed E-state index contributed by atoms with van der Waals surface area (Å²) in [7, 11) is -3.90. The lowest BCUT2D eigenvalue weighted by Gasteiger charge is -2.21. The molecule has 0 bridgehead atoms. The van der Waals surface area contributed by atoms with Gasteiger partial charge in [-0.3, -0.25) is 10.3 Å². The molecule has 1 saturated heterocycles. The van der Waals surface area contributed by atoms with E-state index in [2.05, 4.69) is 9.97 Å². The van der Waals surface area contributed by atoms with Gasteiger partial charge in [0, 0.05) is 17.9 Å². The average Bonchev–Trinajstić information content (AvgIpc) is 2.89. The van der Waals surface area contributed by atoms with Gasteiger partial charge in [0.15, 0.2) is 0 Å². The third-order valence-electron chi connectivity index (χ3n) is 3.64. The maximum Gasteiger partial charge on any atom is 0.268 e. The Balaban J connectivity index is 1.96. The number of hydrogen-bond donors (Lipinski definition) is 1. The lowest BCUT2D eigenvalue weighted by molar-refractivity contribution is 0.539. The highest BCUT2D eigenvalue weighted by Crippen LogP contribution is 2.27. The summed E-state index contributed by atoms with van der Waals surface area (Å²) in [5.74, 6) is 0.147. The molecule has 0 radical (unpaired) electrons. The van der Waals surface area contributed by atoms with Crippen molar-refractivity contribution in [1.29, 1.82) is 5.41 Å². The number of nitrogens with zero attached hydrogens (tertiary/aromatic N) is 4. The zero-order valence-corrected chi connectivity index (χ0v) is 14.8. The lowest BCUT2D eigenvalue weighted by atomic mass is 10.3. The first-order chi connectivity index (χ1) is 11.3. The molecule has 7 nitrogen and oxygen atoms in total. The molecule has 2 heterocycles. The molecule has 126 valence electrons. The zero-order chi connectivity index (χ0) is 17.5. The van der Waals surface area contributed by atoms with Crippen molar-refractivity contribution < 1.29 is 8.42 Å². The fourth-order valence-corrected chi connectivity index (χ4v) is 4.45. The van der Waals surface area contributed by atoms with Crippen LogP contribution < -0.4 is 4.90 Å². The molecule has 1 aliphatic rings. The van der Waals surface area contributed by atoms with E-state index in [1.807, 2.05) is 19.9 Å². The molecule has 1 aromatic carbocycles. The van der Waals surface area contributed by atoms with Gasteiger partial charge in [0.2, 0.25) is 11.9 Å². The Morgan fingerprint density at radius 2 is 1.75 bits per heavy atom. The molecule has 0 unspecified atom stereocenters. The van der Waals surface area contributed by atoms with Crippen LogP contribution in [0.5, 0.6) is 0 Å². The smallest absolute Gasteiger partial charge is 0.268 e. The number of hydrogen-bond acceptors (Lipinski definition) is 5. The maximum atomic E-state index is 12.8.